The second-order valence-electron chi connectivity index (χ2n) is 11.5. The Morgan fingerprint density at radius 2 is 1.90 bits per heavy atom. The zero-order valence-electron chi connectivity index (χ0n) is 23.9. The van der Waals surface area contributed by atoms with Gasteiger partial charge in [-0.1, -0.05) is 17.7 Å². The Hall–Kier alpha value is -2.88. The lowest BCUT2D eigenvalue weighted by Gasteiger charge is -2.43. The lowest BCUT2D eigenvalue weighted by atomic mass is 9.91. The van der Waals surface area contributed by atoms with Gasteiger partial charge in [-0.25, -0.2) is 9.18 Å². The number of ether oxygens (including phenoxy) is 2. The summed E-state index contributed by atoms with van der Waals surface area (Å²) in [5.74, 6) is 0.0977. The van der Waals surface area contributed by atoms with Crippen LogP contribution in [0.15, 0.2) is 30.3 Å². The van der Waals surface area contributed by atoms with Crippen molar-refractivity contribution < 1.29 is 28.6 Å². The van der Waals surface area contributed by atoms with Gasteiger partial charge in [0, 0.05) is 42.7 Å². The summed E-state index contributed by atoms with van der Waals surface area (Å²) in [5.41, 5.74) is 3.98. The highest BCUT2D eigenvalue weighted by Crippen LogP contribution is 2.43. The topological polar surface area (TPSA) is 91.3 Å². The summed E-state index contributed by atoms with van der Waals surface area (Å²) in [4.78, 5) is 28.1. The third kappa shape index (κ3) is 6.47. The van der Waals surface area contributed by atoms with Crippen molar-refractivity contribution in [1.82, 2.24) is 15.1 Å². The first-order valence-corrected chi connectivity index (χ1v) is 14.9. The molecule has 2 amide bonds. The summed E-state index contributed by atoms with van der Waals surface area (Å²) in [6.07, 6.45) is 3.53. The molecule has 8 nitrogen and oxygen atoms in total. The molecule has 3 aliphatic rings. The molecule has 2 aromatic rings. The minimum Gasteiger partial charge on any atom is -0.493 e. The van der Waals surface area contributed by atoms with Gasteiger partial charge in [0.25, 0.3) is 5.91 Å². The minimum atomic E-state index is -0.909. The first-order chi connectivity index (χ1) is 19.6. The quantitative estimate of drug-likeness (QED) is 0.410. The molecule has 0 radical (unpaired) electrons. The van der Waals surface area contributed by atoms with Crippen molar-refractivity contribution in [3.63, 3.8) is 0 Å². The van der Waals surface area contributed by atoms with Crippen LogP contribution in [0.4, 0.5) is 9.18 Å². The molecule has 2 N–H and O–H groups in total. The first kappa shape index (κ1) is 29.6. The summed E-state index contributed by atoms with van der Waals surface area (Å²) in [6.45, 7) is 8.15. The second-order valence-corrected chi connectivity index (χ2v) is 11.9. The van der Waals surface area contributed by atoms with Crippen molar-refractivity contribution in [2.24, 2.45) is 0 Å². The molecule has 0 aromatic heterocycles. The molecular weight excluding hydrogens is 549 g/mol. The van der Waals surface area contributed by atoms with Crippen LogP contribution in [0, 0.1) is 19.7 Å². The standard InChI is InChI=1S/C31H39ClFN3O5/c1-18-19(2)29(41-12-10-25-17-35(31(38)39)11-13-40-25)9-7-26(18)20(3)36-23-5-6-24(36)16-22(15-23)34-30(37)21-4-8-28(33)27(32)14-21/h4,7-9,14,20,22-25H,5-6,10-13,15-17H2,1-3H3,(H,34,37)(H,38,39). The van der Waals surface area contributed by atoms with Crippen LogP contribution in [0.3, 0.4) is 0 Å². The Labute approximate surface area is 245 Å². The third-order valence-corrected chi connectivity index (χ3v) is 9.38. The SMILES string of the molecule is Cc1c(OCCC2CN(C(=O)O)CCO2)ccc(C(C)N2C3CCC2CC(NC(=O)c2ccc(F)c(Cl)c2)C3)c1C. The molecule has 222 valence electrons. The number of rotatable bonds is 8. The van der Waals surface area contributed by atoms with E-state index in [9.17, 15) is 19.1 Å². The summed E-state index contributed by atoms with van der Waals surface area (Å²) in [7, 11) is 0. The number of nitrogens with one attached hydrogen (secondary N) is 1. The maximum Gasteiger partial charge on any atom is 0.407 e. The van der Waals surface area contributed by atoms with Crippen molar-refractivity contribution in [1.29, 1.82) is 0 Å². The molecule has 0 saturated carbocycles. The summed E-state index contributed by atoms with van der Waals surface area (Å²) in [6, 6.07) is 9.34. The molecule has 2 aromatic carbocycles. The van der Waals surface area contributed by atoms with E-state index >= 15 is 0 Å². The monoisotopic (exact) mass is 587 g/mol. The van der Waals surface area contributed by atoms with E-state index in [-0.39, 0.29) is 29.1 Å². The van der Waals surface area contributed by atoms with E-state index in [4.69, 9.17) is 21.1 Å². The van der Waals surface area contributed by atoms with Crippen molar-refractivity contribution in [3.8, 4) is 5.75 Å². The molecule has 4 atom stereocenters. The van der Waals surface area contributed by atoms with Crippen molar-refractivity contribution in [2.75, 3.05) is 26.3 Å². The highest BCUT2D eigenvalue weighted by molar-refractivity contribution is 6.31. The summed E-state index contributed by atoms with van der Waals surface area (Å²) < 4.78 is 25.4. The van der Waals surface area contributed by atoms with Gasteiger partial charge >= 0.3 is 6.09 Å². The molecule has 3 aliphatic heterocycles. The fourth-order valence-corrected chi connectivity index (χ4v) is 7.00. The predicted octanol–water partition coefficient (Wildman–Crippen LogP) is 5.73. The van der Waals surface area contributed by atoms with Gasteiger partial charge in [-0.05, 0) is 87.4 Å². The summed E-state index contributed by atoms with van der Waals surface area (Å²) >= 11 is 5.88. The highest BCUT2D eigenvalue weighted by atomic mass is 35.5. The number of benzene rings is 2. The Bertz CT molecular complexity index is 1280. The van der Waals surface area contributed by atoms with Crippen LogP contribution in [0.25, 0.3) is 0 Å². The van der Waals surface area contributed by atoms with E-state index < -0.39 is 11.9 Å². The normalized spacial score (nSPS) is 25.1. The van der Waals surface area contributed by atoms with Crippen molar-refractivity contribution in [3.05, 3.63) is 63.4 Å². The molecule has 0 spiro atoms. The third-order valence-electron chi connectivity index (χ3n) is 9.09. The van der Waals surface area contributed by atoms with E-state index in [0.29, 0.717) is 50.4 Å². The Morgan fingerprint density at radius 3 is 2.59 bits per heavy atom. The molecule has 0 aliphatic carbocycles. The van der Waals surface area contributed by atoms with Crippen LogP contribution in [-0.2, 0) is 4.74 Å². The zero-order valence-corrected chi connectivity index (χ0v) is 24.6. The number of halogens is 2. The number of carboxylic acid groups (broad SMARTS) is 1. The van der Waals surface area contributed by atoms with E-state index in [2.05, 4.69) is 37.1 Å². The number of nitrogens with zero attached hydrogens (tertiary/aromatic N) is 2. The van der Waals surface area contributed by atoms with Gasteiger partial charge in [0.2, 0.25) is 0 Å². The first-order valence-electron chi connectivity index (χ1n) is 14.5. The number of amides is 2. The van der Waals surface area contributed by atoms with E-state index in [0.717, 1.165) is 37.0 Å². The Balaban J connectivity index is 1.18. The maximum absolute atomic E-state index is 13.5. The van der Waals surface area contributed by atoms with Gasteiger partial charge in [0.05, 0.1) is 30.9 Å². The average Bonchev–Trinajstić information content (AvgIpc) is 3.22. The number of morpholine rings is 1. The smallest absolute Gasteiger partial charge is 0.407 e. The van der Waals surface area contributed by atoms with Crippen LogP contribution in [0.1, 0.15) is 72.1 Å². The van der Waals surface area contributed by atoms with E-state index in [1.54, 1.807) is 0 Å². The van der Waals surface area contributed by atoms with Gasteiger partial charge in [-0.3, -0.25) is 9.69 Å². The molecule has 5 rings (SSSR count). The molecule has 2 bridgehead atoms. The van der Waals surface area contributed by atoms with Gasteiger partial charge in [-0.2, -0.15) is 0 Å². The Morgan fingerprint density at radius 1 is 1.17 bits per heavy atom. The van der Waals surface area contributed by atoms with Gasteiger partial charge in [0.1, 0.15) is 11.6 Å². The number of fused-ring (bicyclic) bond motifs is 2. The lowest BCUT2D eigenvalue weighted by molar-refractivity contribution is -0.0301. The van der Waals surface area contributed by atoms with Crippen LogP contribution in [-0.4, -0.2) is 77.4 Å². The molecule has 3 fully saturated rings. The van der Waals surface area contributed by atoms with Crippen LogP contribution < -0.4 is 10.1 Å². The van der Waals surface area contributed by atoms with Crippen LogP contribution in [0.5, 0.6) is 5.75 Å². The zero-order chi connectivity index (χ0) is 29.3. The van der Waals surface area contributed by atoms with Gasteiger partial charge < -0.3 is 24.8 Å². The second kappa shape index (κ2) is 12.5. The maximum atomic E-state index is 13.5. The number of hydrogen-bond donors (Lipinski definition) is 2. The number of hydrogen-bond acceptors (Lipinski definition) is 5. The fraction of sp³-hybridized carbons (Fsp3) is 0.548. The number of piperidine rings is 1. The molecule has 10 heteroatoms. The summed E-state index contributed by atoms with van der Waals surface area (Å²) in [5, 5.41) is 12.3. The molecule has 3 saturated heterocycles. The molecule has 41 heavy (non-hydrogen) atoms. The largest absolute Gasteiger partial charge is 0.493 e. The fourth-order valence-electron chi connectivity index (χ4n) is 6.82. The predicted molar refractivity (Wildman–Crippen MR) is 154 cm³/mol. The van der Waals surface area contributed by atoms with E-state index in [1.807, 2.05) is 6.07 Å². The molecule has 3 heterocycles. The van der Waals surface area contributed by atoms with Crippen molar-refractivity contribution >= 4 is 23.6 Å². The van der Waals surface area contributed by atoms with Crippen LogP contribution in [0.2, 0.25) is 5.02 Å². The lowest BCUT2D eigenvalue weighted by Crippen LogP contribution is -2.51. The van der Waals surface area contributed by atoms with Crippen LogP contribution >= 0.6 is 11.6 Å². The molecular formula is C31H39ClFN3O5. The Kier molecular flexibility index (Phi) is 9.06. The van der Waals surface area contributed by atoms with Crippen molar-refractivity contribution in [2.45, 2.75) is 83.1 Å². The number of carbonyl (C=O) groups excluding carboxylic acids is 1. The molecule has 4 unspecified atom stereocenters. The van der Waals surface area contributed by atoms with Gasteiger partial charge in [0.15, 0.2) is 0 Å². The van der Waals surface area contributed by atoms with Gasteiger partial charge in [-0.15, -0.1) is 0 Å². The average molecular weight is 588 g/mol. The number of carbonyl (C=O) groups is 2. The highest BCUT2D eigenvalue weighted by Gasteiger charge is 2.43. The van der Waals surface area contributed by atoms with E-state index in [1.165, 1.54) is 34.2 Å². The minimum absolute atomic E-state index is 0.0474.